The Morgan fingerprint density at radius 3 is 2.08 bits per heavy atom. The topological polar surface area (TPSA) is 220 Å². The molecule has 202 valence electrons. The maximum Gasteiger partial charge on any atom is 0.326 e. The van der Waals surface area contributed by atoms with Gasteiger partial charge in [-0.3, -0.25) is 14.4 Å². The molecule has 0 aliphatic carbocycles. The van der Waals surface area contributed by atoms with Crippen LogP contribution in [0.4, 0.5) is 0 Å². The molecule has 13 heteroatoms. The zero-order chi connectivity index (χ0) is 27.5. The standard InChI is InChI=1S/C24H34N6O7/c1-13(2)7-19(24(36)37)29-22(34)18(8-14-3-5-16(32)6-4-14)28-23(35)20(11-31)30-21(33)17(25)9-15-10-26-12-27-15/h3-6,10,12-13,17-20,31-32H,7-9,11,25H2,1-2H3,(H,26,27)(H,28,35)(H,29,34)(H,30,33)(H,36,37). The summed E-state index contributed by atoms with van der Waals surface area (Å²) >= 11 is 0. The fourth-order valence-corrected chi connectivity index (χ4v) is 3.51. The lowest BCUT2D eigenvalue weighted by Crippen LogP contribution is -2.58. The van der Waals surface area contributed by atoms with Crippen molar-refractivity contribution < 1.29 is 34.5 Å². The Hall–Kier alpha value is -3.97. The fraction of sp³-hybridized carbons (Fsp3) is 0.458. The van der Waals surface area contributed by atoms with Crippen molar-refractivity contribution in [2.75, 3.05) is 6.61 Å². The SMILES string of the molecule is CC(C)CC(NC(=O)C(Cc1ccc(O)cc1)NC(=O)C(CO)NC(=O)C(N)Cc1cnc[nH]1)C(=O)O. The molecule has 1 aromatic carbocycles. The summed E-state index contributed by atoms with van der Waals surface area (Å²) in [5.74, 6) is -3.56. The molecule has 3 amide bonds. The number of nitrogens with one attached hydrogen (secondary N) is 4. The van der Waals surface area contributed by atoms with Crippen molar-refractivity contribution in [1.29, 1.82) is 0 Å². The number of H-pyrrole nitrogens is 1. The van der Waals surface area contributed by atoms with Gasteiger partial charge in [-0.25, -0.2) is 9.78 Å². The molecule has 37 heavy (non-hydrogen) atoms. The quantitative estimate of drug-likeness (QED) is 0.150. The molecule has 0 saturated heterocycles. The number of phenolic OH excluding ortho intramolecular Hbond substituents is 1. The number of aliphatic carboxylic acids is 1. The van der Waals surface area contributed by atoms with Crippen molar-refractivity contribution in [1.82, 2.24) is 25.9 Å². The van der Waals surface area contributed by atoms with E-state index in [4.69, 9.17) is 5.73 Å². The number of aliphatic hydroxyl groups excluding tert-OH is 1. The minimum absolute atomic E-state index is 0.00573. The molecule has 4 unspecified atom stereocenters. The van der Waals surface area contributed by atoms with Crippen molar-refractivity contribution in [3.63, 3.8) is 0 Å². The second-order valence-corrected chi connectivity index (χ2v) is 9.09. The van der Waals surface area contributed by atoms with Crippen LogP contribution in [0.3, 0.4) is 0 Å². The molecule has 0 spiro atoms. The third-order valence-electron chi connectivity index (χ3n) is 5.48. The molecular formula is C24H34N6O7. The van der Waals surface area contributed by atoms with E-state index in [0.29, 0.717) is 11.3 Å². The van der Waals surface area contributed by atoms with E-state index in [1.165, 1.54) is 24.7 Å². The molecule has 13 nitrogen and oxygen atoms in total. The van der Waals surface area contributed by atoms with E-state index in [0.717, 1.165) is 0 Å². The molecule has 1 heterocycles. The number of nitrogens with two attached hydrogens (primary N) is 1. The van der Waals surface area contributed by atoms with Gasteiger partial charge in [-0.15, -0.1) is 0 Å². The second kappa shape index (κ2) is 13.9. The molecule has 0 fully saturated rings. The number of carbonyl (C=O) groups excluding carboxylic acids is 3. The molecule has 9 N–H and O–H groups in total. The van der Waals surface area contributed by atoms with Gasteiger partial charge >= 0.3 is 5.97 Å². The van der Waals surface area contributed by atoms with Gasteiger partial charge in [-0.1, -0.05) is 26.0 Å². The first-order valence-electron chi connectivity index (χ1n) is 11.8. The first-order valence-corrected chi connectivity index (χ1v) is 11.8. The van der Waals surface area contributed by atoms with E-state index < -0.39 is 54.5 Å². The van der Waals surface area contributed by atoms with Crippen LogP contribution in [0, 0.1) is 5.92 Å². The van der Waals surface area contributed by atoms with Crippen molar-refractivity contribution in [3.8, 4) is 5.75 Å². The summed E-state index contributed by atoms with van der Waals surface area (Å²) in [5, 5.41) is 36.0. The number of aliphatic hydroxyl groups is 1. The second-order valence-electron chi connectivity index (χ2n) is 9.09. The van der Waals surface area contributed by atoms with Gasteiger partial charge in [0.05, 0.1) is 19.0 Å². The molecule has 2 rings (SSSR count). The van der Waals surface area contributed by atoms with Crippen LogP contribution in [-0.2, 0) is 32.0 Å². The monoisotopic (exact) mass is 518 g/mol. The van der Waals surface area contributed by atoms with Crippen LogP contribution in [-0.4, -0.2) is 79.8 Å². The number of amides is 3. The molecule has 0 aliphatic rings. The number of phenols is 1. The molecule has 0 aliphatic heterocycles. The number of hydrogen-bond donors (Lipinski definition) is 8. The molecule has 1 aromatic heterocycles. The van der Waals surface area contributed by atoms with E-state index in [9.17, 15) is 34.5 Å². The van der Waals surface area contributed by atoms with Gasteiger partial charge in [0, 0.05) is 24.7 Å². The lowest BCUT2D eigenvalue weighted by molar-refractivity contribution is -0.142. The number of hydrogen-bond acceptors (Lipinski definition) is 8. The van der Waals surface area contributed by atoms with E-state index in [-0.39, 0.29) is 30.9 Å². The molecule has 2 aromatic rings. The minimum atomic E-state index is -1.42. The van der Waals surface area contributed by atoms with Crippen molar-refractivity contribution in [2.45, 2.75) is 57.3 Å². The van der Waals surface area contributed by atoms with Crippen LogP contribution in [0.5, 0.6) is 5.75 Å². The Balaban J connectivity index is 2.14. The van der Waals surface area contributed by atoms with Gasteiger partial charge in [0.2, 0.25) is 17.7 Å². The highest BCUT2D eigenvalue weighted by Gasteiger charge is 2.30. The summed E-state index contributed by atoms with van der Waals surface area (Å²) in [6, 6.07) is 1.03. The maximum atomic E-state index is 13.0. The van der Waals surface area contributed by atoms with Gasteiger partial charge in [0.1, 0.15) is 23.9 Å². The van der Waals surface area contributed by atoms with Crippen LogP contribution >= 0.6 is 0 Å². The number of aromatic nitrogens is 2. The highest BCUT2D eigenvalue weighted by atomic mass is 16.4. The molecule has 0 radical (unpaired) electrons. The van der Waals surface area contributed by atoms with Crippen molar-refractivity contribution in [2.24, 2.45) is 11.7 Å². The Morgan fingerprint density at radius 2 is 1.54 bits per heavy atom. The number of aromatic amines is 1. The summed E-state index contributed by atoms with van der Waals surface area (Å²) in [6.07, 6.45) is 3.17. The Labute approximate surface area is 213 Å². The third kappa shape index (κ3) is 9.54. The summed E-state index contributed by atoms with van der Waals surface area (Å²) in [6.45, 7) is 2.85. The van der Waals surface area contributed by atoms with Crippen LogP contribution in [0.2, 0.25) is 0 Å². The van der Waals surface area contributed by atoms with E-state index in [2.05, 4.69) is 25.9 Å². The van der Waals surface area contributed by atoms with Gasteiger partial charge in [0.15, 0.2) is 0 Å². The highest BCUT2D eigenvalue weighted by Crippen LogP contribution is 2.12. The number of benzene rings is 1. The van der Waals surface area contributed by atoms with Gasteiger partial charge in [-0.05, 0) is 30.0 Å². The van der Waals surface area contributed by atoms with Gasteiger partial charge < -0.3 is 42.0 Å². The molecule has 0 saturated carbocycles. The number of carboxylic acid groups (broad SMARTS) is 1. The first kappa shape index (κ1) is 29.3. The van der Waals surface area contributed by atoms with Crippen LogP contribution < -0.4 is 21.7 Å². The molecular weight excluding hydrogens is 484 g/mol. The maximum absolute atomic E-state index is 13.0. The fourth-order valence-electron chi connectivity index (χ4n) is 3.51. The van der Waals surface area contributed by atoms with Crippen molar-refractivity contribution >= 4 is 23.7 Å². The zero-order valence-corrected chi connectivity index (χ0v) is 20.7. The number of rotatable bonds is 14. The average Bonchev–Trinajstić information content (AvgIpc) is 3.35. The van der Waals surface area contributed by atoms with Crippen molar-refractivity contribution in [3.05, 3.63) is 48.0 Å². The summed E-state index contributed by atoms with van der Waals surface area (Å²) in [4.78, 5) is 56.7. The number of imidazole rings is 1. The van der Waals surface area contributed by atoms with E-state index >= 15 is 0 Å². The highest BCUT2D eigenvalue weighted by molar-refractivity contribution is 5.94. The molecule has 4 atom stereocenters. The summed E-state index contributed by atoms with van der Waals surface area (Å²) in [5.41, 5.74) is 7.06. The van der Waals surface area contributed by atoms with Crippen LogP contribution in [0.15, 0.2) is 36.8 Å². The normalized spacial score (nSPS) is 14.3. The Bertz CT molecular complexity index is 1040. The smallest absolute Gasteiger partial charge is 0.326 e. The minimum Gasteiger partial charge on any atom is -0.508 e. The van der Waals surface area contributed by atoms with E-state index in [1.807, 2.05) is 13.8 Å². The zero-order valence-electron chi connectivity index (χ0n) is 20.7. The summed E-state index contributed by atoms with van der Waals surface area (Å²) in [7, 11) is 0. The summed E-state index contributed by atoms with van der Waals surface area (Å²) < 4.78 is 0. The van der Waals surface area contributed by atoms with Gasteiger partial charge in [-0.2, -0.15) is 0 Å². The number of carbonyl (C=O) groups is 4. The Morgan fingerprint density at radius 1 is 0.946 bits per heavy atom. The molecule has 0 bridgehead atoms. The van der Waals surface area contributed by atoms with E-state index in [1.54, 1.807) is 12.1 Å². The lowest BCUT2D eigenvalue weighted by Gasteiger charge is -2.25. The largest absolute Gasteiger partial charge is 0.508 e. The average molecular weight is 519 g/mol. The number of nitrogens with zero attached hydrogens (tertiary/aromatic N) is 1. The van der Waals surface area contributed by atoms with Crippen LogP contribution in [0.25, 0.3) is 0 Å². The predicted molar refractivity (Wildman–Crippen MR) is 132 cm³/mol. The number of aromatic hydroxyl groups is 1. The van der Waals surface area contributed by atoms with Gasteiger partial charge in [0.25, 0.3) is 0 Å². The predicted octanol–water partition coefficient (Wildman–Crippen LogP) is -1.19. The van der Waals surface area contributed by atoms with Crippen LogP contribution in [0.1, 0.15) is 31.5 Å². The number of carboxylic acids is 1. The first-order chi connectivity index (χ1) is 17.5. The third-order valence-corrected chi connectivity index (χ3v) is 5.48. The lowest BCUT2D eigenvalue weighted by atomic mass is 10.0. The Kier molecular flexibility index (Phi) is 11.0.